The van der Waals surface area contributed by atoms with Crippen molar-refractivity contribution in [3.8, 4) is 0 Å². The molecule has 0 heterocycles. The lowest BCUT2D eigenvalue weighted by molar-refractivity contribution is 0.112. The Hall–Kier alpha value is -2.00. The molecule has 2 aromatic carbocycles. The Kier molecular flexibility index (Phi) is 11.4. The van der Waals surface area contributed by atoms with Gasteiger partial charge in [-0.05, 0) is 43.5 Å². The smallest absolute Gasteiger partial charge is 0.150 e. The van der Waals surface area contributed by atoms with Crippen LogP contribution in [0.25, 0.3) is 0 Å². The zero-order valence-corrected chi connectivity index (χ0v) is 15.3. The van der Waals surface area contributed by atoms with Crippen molar-refractivity contribution in [2.45, 2.75) is 39.0 Å². The molecule has 2 rings (SSSR count). The van der Waals surface area contributed by atoms with Crippen LogP contribution in [0.2, 0.25) is 0 Å². The molecular weight excluding hydrogens is 302 g/mol. The van der Waals surface area contributed by atoms with Crippen LogP contribution in [0.5, 0.6) is 0 Å². The van der Waals surface area contributed by atoms with Crippen molar-refractivity contribution in [2.24, 2.45) is 0 Å². The van der Waals surface area contributed by atoms with Crippen LogP contribution in [-0.4, -0.2) is 6.29 Å². The van der Waals surface area contributed by atoms with Crippen molar-refractivity contribution in [3.63, 3.8) is 0 Å². The summed E-state index contributed by atoms with van der Waals surface area (Å²) < 4.78 is 0. The SMILES string of the molecule is C/C=C\Cc1ccccc1N.CC.Cc1ccc(C=O)cc1S. The van der Waals surface area contributed by atoms with Gasteiger partial charge in [-0.3, -0.25) is 4.79 Å². The van der Waals surface area contributed by atoms with Gasteiger partial charge in [-0.2, -0.15) is 0 Å². The average Bonchev–Trinajstić information content (AvgIpc) is 2.59. The molecule has 23 heavy (non-hydrogen) atoms. The molecule has 0 aliphatic carbocycles. The van der Waals surface area contributed by atoms with E-state index in [0.29, 0.717) is 5.56 Å². The molecule has 0 saturated heterocycles. The fourth-order valence-electron chi connectivity index (χ4n) is 1.66. The third-order valence-corrected chi connectivity index (χ3v) is 3.48. The first-order chi connectivity index (χ1) is 11.1. The van der Waals surface area contributed by atoms with Gasteiger partial charge >= 0.3 is 0 Å². The number of aryl methyl sites for hydroxylation is 1. The summed E-state index contributed by atoms with van der Waals surface area (Å²) in [5, 5.41) is 0. The first kappa shape index (κ1) is 21.0. The van der Waals surface area contributed by atoms with E-state index in [1.807, 2.05) is 58.0 Å². The number of aldehydes is 1. The number of carbonyl (C=O) groups is 1. The van der Waals surface area contributed by atoms with E-state index in [1.54, 1.807) is 12.1 Å². The highest BCUT2D eigenvalue weighted by Crippen LogP contribution is 2.13. The summed E-state index contributed by atoms with van der Waals surface area (Å²) in [5.41, 5.74) is 9.58. The highest BCUT2D eigenvalue weighted by molar-refractivity contribution is 7.80. The third kappa shape index (κ3) is 8.27. The molecule has 2 N–H and O–H groups in total. The van der Waals surface area contributed by atoms with Crippen molar-refractivity contribution < 1.29 is 4.79 Å². The predicted octanol–water partition coefficient (Wildman–Crippen LogP) is 5.51. The number of para-hydroxylation sites is 1. The second-order valence-corrected chi connectivity index (χ2v) is 5.12. The van der Waals surface area contributed by atoms with Crippen molar-refractivity contribution in [2.75, 3.05) is 5.73 Å². The quantitative estimate of drug-likeness (QED) is 0.337. The summed E-state index contributed by atoms with van der Waals surface area (Å²) in [4.78, 5) is 11.1. The maximum Gasteiger partial charge on any atom is 0.150 e. The fourth-order valence-corrected chi connectivity index (χ4v) is 1.89. The average molecular weight is 330 g/mol. The van der Waals surface area contributed by atoms with E-state index in [0.717, 1.165) is 28.9 Å². The summed E-state index contributed by atoms with van der Waals surface area (Å²) >= 11 is 4.16. The van der Waals surface area contributed by atoms with Gasteiger partial charge in [0.15, 0.2) is 0 Å². The number of anilines is 1. The Balaban J connectivity index is 0.000000381. The van der Waals surface area contributed by atoms with Gasteiger partial charge in [0.2, 0.25) is 0 Å². The van der Waals surface area contributed by atoms with Gasteiger partial charge in [-0.15, -0.1) is 12.6 Å². The van der Waals surface area contributed by atoms with Gasteiger partial charge in [0.1, 0.15) is 6.29 Å². The highest BCUT2D eigenvalue weighted by atomic mass is 32.1. The number of nitrogen functional groups attached to an aromatic ring is 1. The van der Waals surface area contributed by atoms with E-state index < -0.39 is 0 Å². The minimum Gasteiger partial charge on any atom is -0.398 e. The number of benzene rings is 2. The Morgan fingerprint density at radius 2 is 1.78 bits per heavy atom. The van der Waals surface area contributed by atoms with Crippen LogP contribution in [0.15, 0.2) is 59.5 Å². The Labute approximate surface area is 145 Å². The van der Waals surface area contributed by atoms with Crippen LogP contribution >= 0.6 is 12.6 Å². The molecule has 0 atom stereocenters. The zero-order chi connectivity index (χ0) is 17.7. The molecule has 0 aliphatic rings. The van der Waals surface area contributed by atoms with Crippen LogP contribution in [0.4, 0.5) is 5.69 Å². The van der Waals surface area contributed by atoms with E-state index in [1.165, 1.54) is 5.56 Å². The molecular formula is C20H27NOS. The lowest BCUT2D eigenvalue weighted by atomic mass is 10.1. The maximum atomic E-state index is 10.2. The molecule has 2 nitrogen and oxygen atoms in total. The van der Waals surface area contributed by atoms with E-state index >= 15 is 0 Å². The number of rotatable bonds is 3. The molecule has 0 aliphatic heterocycles. The molecule has 2 aromatic rings. The predicted molar refractivity (Wildman–Crippen MR) is 105 cm³/mol. The summed E-state index contributed by atoms with van der Waals surface area (Å²) in [6.07, 6.45) is 5.89. The van der Waals surface area contributed by atoms with Crippen molar-refractivity contribution in [3.05, 3.63) is 71.3 Å². The van der Waals surface area contributed by atoms with Crippen molar-refractivity contribution in [1.82, 2.24) is 0 Å². The maximum absolute atomic E-state index is 10.2. The van der Waals surface area contributed by atoms with E-state index in [9.17, 15) is 4.79 Å². The van der Waals surface area contributed by atoms with Gasteiger partial charge in [-0.1, -0.05) is 56.3 Å². The molecule has 0 fully saturated rings. The standard InChI is InChI=1S/C10H13N.C8H8OS.C2H6/c1-2-3-6-9-7-4-5-8-10(9)11;1-6-2-3-7(5-9)4-8(6)10;1-2/h2-5,7-8H,6,11H2,1H3;2-5,10H,1H3;1-2H3/b3-2-;;. The van der Waals surface area contributed by atoms with Crippen LogP contribution in [-0.2, 0) is 6.42 Å². The third-order valence-electron chi connectivity index (χ3n) is 3.00. The van der Waals surface area contributed by atoms with Gasteiger partial charge in [-0.25, -0.2) is 0 Å². The number of hydrogen-bond donors (Lipinski definition) is 2. The monoisotopic (exact) mass is 329 g/mol. The number of hydrogen-bond acceptors (Lipinski definition) is 3. The Morgan fingerprint density at radius 3 is 2.30 bits per heavy atom. The largest absolute Gasteiger partial charge is 0.398 e. The van der Waals surface area contributed by atoms with Crippen LogP contribution in [0, 0.1) is 6.92 Å². The molecule has 124 valence electrons. The molecule has 0 spiro atoms. The molecule has 0 radical (unpaired) electrons. The first-order valence-electron chi connectivity index (χ1n) is 7.77. The lowest BCUT2D eigenvalue weighted by Crippen LogP contribution is -1.91. The van der Waals surface area contributed by atoms with Gasteiger partial charge < -0.3 is 5.73 Å². The van der Waals surface area contributed by atoms with Gasteiger partial charge in [0.25, 0.3) is 0 Å². The normalized spacial score (nSPS) is 9.43. The molecule has 0 saturated carbocycles. The molecule has 0 unspecified atom stereocenters. The summed E-state index contributed by atoms with van der Waals surface area (Å²) in [6, 6.07) is 13.4. The summed E-state index contributed by atoms with van der Waals surface area (Å²) in [7, 11) is 0. The number of nitrogens with two attached hydrogens (primary N) is 1. The van der Waals surface area contributed by atoms with Gasteiger partial charge in [0, 0.05) is 16.1 Å². The van der Waals surface area contributed by atoms with Crippen LogP contribution in [0.3, 0.4) is 0 Å². The van der Waals surface area contributed by atoms with Gasteiger partial charge in [0.05, 0.1) is 0 Å². The number of thiol groups is 1. The van der Waals surface area contributed by atoms with Crippen LogP contribution in [0.1, 0.15) is 42.3 Å². The van der Waals surface area contributed by atoms with Crippen LogP contribution < -0.4 is 5.73 Å². The minimum atomic E-state index is 0.676. The van der Waals surface area contributed by atoms with Crippen molar-refractivity contribution >= 4 is 24.6 Å². The molecule has 0 amide bonds. The van der Waals surface area contributed by atoms with Crippen molar-refractivity contribution in [1.29, 1.82) is 0 Å². The van der Waals surface area contributed by atoms with E-state index in [2.05, 4.69) is 24.8 Å². The highest BCUT2D eigenvalue weighted by Gasteiger charge is 1.93. The second kappa shape index (κ2) is 12.5. The molecule has 0 bridgehead atoms. The Bertz CT molecular complexity index is 621. The fraction of sp³-hybridized carbons (Fsp3) is 0.250. The number of carbonyl (C=O) groups excluding carboxylic acids is 1. The number of allylic oxidation sites excluding steroid dienone is 2. The second-order valence-electron chi connectivity index (χ2n) is 4.64. The molecule has 0 aromatic heterocycles. The topological polar surface area (TPSA) is 43.1 Å². The van der Waals surface area contributed by atoms with E-state index in [-0.39, 0.29) is 0 Å². The Morgan fingerprint density at radius 1 is 1.13 bits per heavy atom. The first-order valence-corrected chi connectivity index (χ1v) is 8.22. The molecule has 3 heteroatoms. The lowest BCUT2D eigenvalue weighted by Gasteiger charge is -1.99. The summed E-state index contributed by atoms with van der Waals surface area (Å²) in [6.45, 7) is 7.97. The minimum absolute atomic E-state index is 0.676. The summed E-state index contributed by atoms with van der Waals surface area (Å²) in [5.74, 6) is 0. The zero-order valence-electron chi connectivity index (χ0n) is 14.4. The van der Waals surface area contributed by atoms with E-state index in [4.69, 9.17) is 5.73 Å².